The van der Waals surface area contributed by atoms with E-state index >= 15 is 0 Å². The summed E-state index contributed by atoms with van der Waals surface area (Å²) in [6.07, 6.45) is 4.74. The van der Waals surface area contributed by atoms with Crippen LogP contribution in [-0.2, 0) is 29.6 Å². The van der Waals surface area contributed by atoms with Crippen molar-refractivity contribution in [2.45, 2.75) is 15.2 Å². The first kappa shape index (κ1) is 20.9. The van der Waals surface area contributed by atoms with Crippen LogP contribution in [-0.4, -0.2) is 38.7 Å². The van der Waals surface area contributed by atoms with Crippen molar-refractivity contribution in [1.82, 2.24) is 4.98 Å². The van der Waals surface area contributed by atoms with E-state index in [1.54, 1.807) is 24.4 Å². The first-order valence-corrected chi connectivity index (χ1v) is 11.0. The van der Waals surface area contributed by atoms with Gasteiger partial charge in [-0.25, -0.2) is 8.42 Å². The average molecular weight is 439 g/mol. The molecule has 0 bridgehead atoms. The number of aromatic amines is 1. The second-order valence-electron chi connectivity index (χ2n) is 7.25. The lowest BCUT2D eigenvalue weighted by molar-refractivity contribution is -0.110. The fourth-order valence-corrected chi connectivity index (χ4v) is 6.09. The van der Waals surface area contributed by atoms with E-state index in [-0.39, 0.29) is 16.4 Å². The van der Waals surface area contributed by atoms with Gasteiger partial charge in [0.05, 0.1) is 19.1 Å². The summed E-state index contributed by atoms with van der Waals surface area (Å²) in [5.41, 5.74) is 6.23. The number of aromatic nitrogens is 1. The Hall–Kier alpha value is -3.36. The van der Waals surface area contributed by atoms with Crippen LogP contribution in [0.1, 0.15) is 5.56 Å². The van der Waals surface area contributed by atoms with Crippen LogP contribution in [0, 0.1) is 0 Å². The van der Waals surface area contributed by atoms with Gasteiger partial charge >= 0.3 is 0 Å². The van der Waals surface area contributed by atoms with Crippen molar-refractivity contribution in [3.8, 4) is 0 Å². The summed E-state index contributed by atoms with van der Waals surface area (Å²) in [4.78, 5) is 15.9. The molecule has 3 aromatic rings. The number of allylic oxidation sites excluding steroid dienone is 1. The van der Waals surface area contributed by atoms with Crippen LogP contribution in [0.25, 0.3) is 10.9 Å². The number of para-hydroxylation sites is 1. The van der Waals surface area contributed by atoms with Gasteiger partial charge in [-0.15, -0.1) is 0 Å². The Morgan fingerprint density at radius 2 is 1.68 bits per heavy atom. The molecule has 4 rings (SSSR count). The molecule has 7 nitrogen and oxygen atoms in total. The summed E-state index contributed by atoms with van der Waals surface area (Å²) in [6, 6.07) is 15.0. The molecule has 0 radical (unpaired) electrons. The van der Waals surface area contributed by atoms with Gasteiger partial charge in [0, 0.05) is 28.7 Å². The van der Waals surface area contributed by atoms with Crippen molar-refractivity contribution in [3.63, 3.8) is 0 Å². The first-order valence-electron chi connectivity index (χ1n) is 9.50. The summed E-state index contributed by atoms with van der Waals surface area (Å²) in [7, 11) is -1.58. The van der Waals surface area contributed by atoms with Gasteiger partial charge in [0.15, 0.2) is 14.6 Å². The third kappa shape index (κ3) is 2.75. The maximum Gasteiger partial charge on any atom is 0.197 e. The molecule has 0 saturated carbocycles. The minimum absolute atomic E-state index is 0.0409. The molecule has 1 aromatic heterocycles. The Morgan fingerprint density at radius 3 is 2.32 bits per heavy atom. The van der Waals surface area contributed by atoms with Crippen molar-refractivity contribution >= 4 is 27.0 Å². The number of methoxy groups -OCH3 is 2. The average Bonchev–Trinajstić information content (AvgIpc) is 3.24. The highest BCUT2D eigenvalue weighted by molar-refractivity contribution is 7.93. The molecule has 1 aliphatic carbocycles. The number of aldehydes is 1. The summed E-state index contributed by atoms with van der Waals surface area (Å²) >= 11 is 0. The molecule has 2 aromatic carbocycles. The van der Waals surface area contributed by atoms with Crippen LogP contribution in [0.2, 0.25) is 0 Å². The molecule has 31 heavy (non-hydrogen) atoms. The molecule has 3 N–H and O–H groups in total. The predicted molar refractivity (Wildman–Crippen MR) is 117 cm³/mol. The first-order chi connectivity index (χ1) is 14.9. The van der Waals surface area contributed by atoms with Gasteiger partial charge in [0.25, 0.3) is 0 Å². The standard InChI is InChI=1S/C23H22N2O5S/c1-29-16-12-21(30-2)23(24,19-14-25-20-11-7-6-10-18(19)20)22(13-16,15-26)31(27,28)17-8-4-3-5-9-17/h3-15,25H,24H2,1-2H3. The predicted octanol–water partition coefficient (Wildman–Crippen LogP) is 2.81. The van der Waals surface area contributed by atoms with Gasteiger partial charge in [-0.3, -0.25) is 0 Å². The molecule has 8 heteroatoms. The van der Waals surface area contributed by atoms with Crippen molar-refractivity contribution in [3.05, 3.63) is 90.0 Å². The maximum atomic E-state index is 14.0. The van der Waals surface area contributed by atoms with Gasteiger partial charge in [0.1, 0.15) is 23.3 Å². The summed E-state index contributed by atoms with van der Waals surface area (Å²) in [5.74, 6) is 0.243. The number of nitrogens with two attached hydrogens (primary N) is 1. The monoisotopic (exact) mass is 438 g/mol. The van der Waals surface area contributed by atoms with Crippen LogP contribution in [0.15, 0.2) is 89.4 Å². The molecule has 0 saturated heterocycles. The molecular weight excluding hydrogens is 416 g/mol. The van der Waals surface area contributed by atoms with Gasteiger partial charge < -0.3 is 25.0 Å². The molecule has 0 amide bonds. The minimum Gasteiger partial charge on any atom is -0.499 e. The molecule has 0 fully saturated rings. The molecule has 160 valence electrons. The van der Waals surface area contributed by atoms with Crippen molar-refractivity contribution in [2.75, 3.05) is 14.2 Å². The van der Waals surface area contributed by atoms with E-state index in [0.717, 1.165) is 5.52 Å². The largest absolute Gasteiger partial charge is 0.499 e. The Morgan fingerprint density at radius 1 is 1.00 bits per heavy atom. The zero-order valence-electron chi connectivity index (χ0n) is 17.0. The number of benzene rings is 2. The van der Waals surface area contributed by atoms with Crippen LogP contribution in [0.5, 0.6) is 0 Å². The highest BCUT2D eigenvalue weighted by Crippen LogP contribution is 2.49. The Labute approximate surface area is 180 Å². The lowest BCUT2D eigenvalue weighted by Crippen LogP contribution is -2.64. The third-order valence-electron chi connectivity index (χ3n) is 5.78. The van der Waals surface area contributed by atoms with Crippen LogP contribution in [0.4, 0.5) is 0 Å². The Bertz CT molecular complexity index is 1310. The number of hydrogen-bond donors (Lipinski definition) is 2. The van der Waals surface area contributed by atoms with Gasteiger partial charge in [0.2, 0.25) is 0 Å². The number of sulfone groups is 1. The van der Waals surface area contributed by atoms with E-state index in [1.807, 2.05) is 24.3 Å². The van der Waals surface area contributed by atoms with Crippen molar-refractivity contribution in [1.29, 1.82) is 0 Å². The second-order valence-corrected chi connectivity index (χ2v) is 9.40. The lowest BCUT2D eigenvalue weighted by Gasteiger charge is -2.45. The highest BCUT2D eigenvalue weighted by atomic mass is 32.2. The SMILES string of the molecule is COC1=CC(C=O)(S(=O)(=O)c2ccccc2)C(N)(c2c[nH]c3ccccc23)C(OC)=C1. The topological polar surface area (TPSA) is 111 Å². The quantitative estimate of drug-likeness (QED) is 0.573. The smallest absolute Gasteiger partial charge is 0.197 e. The molecule has 1 aliphatic rings. The zero-order chi connectivity index (χ0) is 22.3. The van der Waals surface area contributed by atoms with E-state index in [1.165, 1.54) is 38.5 Å². The Kier molecular flexibility index (Phi) is 4.99. The maximum absolute atomic E-state index is 14.0. The zero-order valence-corrected chi connectivity index (χ0v) is 17.8. The van der Waals surface area contributed by atoms with Crippen molar-refractivity contribution in [2.24, 2.45) is 5.73 Å². The summed E-state index contributed by atoms with van der Waals surface area (Å²) < 4.78 is 36.7. The van der Waals surface area contributed by atoms with E-state index < -0.39 is 20.1 Å². The number of rotatable bonds is 6. The normalized spacial score (nSPS) is 23.7. The van der Waals surface area contributed by atoms with Crippen molar-refractivity contribution < 1.29 is 22.7 Å². The Balaban J connectivity index is 2.13. The number of fused-ring (bicyclic) bond motifs is 1. The molecule has 0 spiro atoms. The third-order valence-corrected chi connectivity index (χ3v) is 8.10. The van der Waals surface area contributed by atoms with Crippen LogP contribution < -0.4 is 5.73 Å². The fraction of sp³-hybridized carbons (Fsp3) is 0.174. The molecule has 2 unspecified atom stereocenters. The minimum atomic E-state index is -4.35. The van der Waals surface area contributed by atoms with Crippen LogP contribution in [0.3, 0.4) is 0 Å². The number of H-pyrrole nitrogens is 1. The van der Waals surface area contributed by atoms with E-state index in [2.05, 4.69) is 4.98 Å². The van der Waals surface area contributed by atoms with E-state index in [9.17, 15) is 13.2 Å². The fourth-order valence-electron chi connectivity index (χ4n) is 4.16. The molecule has 2 atom stereocenters. The number of ether oxygens (including phenoxy) is 2. The molecule has 0 aliphatic heterocycles. The molecule has 1 heterocycles. The highest BCUT2D eigenvalue weighted by Gasteiger charge is 2.63. The molecular formula is C23H22N2O5S. The lowest BCUT2D eigenvalue weighted by atomic mass is 9.74. The number of nitrogens with one attached hydrogen (secondary N) is 1. The summed E-state index contributed by atoms with van der Waals surface area (Å²) in [5, 5.41) is 0.678. The summed E-state index contributed by atoms with van der Waals surface area (Å²) in [6.45, 7) is 0. The van der Waals surface area contributed by atoms with Gasteiger partial charge in [-0.05, 0) is 24.3 Å². The van der Waals surface area contributed by atoms with E-state index in [4.69, 9.17) is 15.2 Å². The number of carbonyl (C=O) groups is 1. The van der Waals surface area contributed by atoms with Gasteiger partial charge in [-0.2, -0.15) is 0 Å². The van der Waals surface area contributed by atoms with E-state index in [0.29, 0.717) is 17.2 Å². The second kappa shape index (κ2) is 7.40. The number of carbonyl (C=O) groups excluding carboxylic acids is 1. The van der Waals surface area contributed by atoms with Crippen LogP contribution >= 0.6 is 0 Å². The number of hydrogen-bond acceptors (Lipinski definition) is 6. The van der Waals surface area contributed by atoms with Gasteiger partial charge in [-0.1, -0.05) is 36.4 Å².